The van der Waals surface area contributed by atoms with Gasteiger partial charge in [-0.2, -0.15) is 0 Å². The second-order valence-corrected chi connectivity index (χ2v) is 10.7. The molecule has 0 bridgehead atoms. The molecule has 0 aromatic heterocycles. The Hall–Kier alpha value is -3.30. The number of aryl methyl sites for hydroxylation is 1. The van der Waals surface area contributed by atoms with Crippen LogP contribution in [-0.2, 0) is 26.3 Å². The number of amides is 3. The number of hydrogen-bond donors (Lipinski definition) is 2. The smallest absolute Gasteiger partial charge is 0.407 e. The zero-order valence-corrected chi connectivity index (χ0v) is 20.7. The average Bonchev–Trinajstić information content (AvgIpc) is 3.26. The number of carbonyl (C=O) groups is 4. The Morgan fingerprint density at radius 2 is 1.91 bits per heavy atom. The van der Waals surface area contributed by atoms with E-state index in [9.17, 15) is 24.3 Å². The number of fused-ring (bicyclic) bond motifs is 4. The molecule has 1 aromatic rings. The molecule has 1 aromatic carbocycles. The van der Waals surface area contributed by atoms with Crippen LogP contribution in [0, 0.1) is 6.92 Å². The second-order valence-electron chi connectivity index (χ2n) is 10.7. The van der Waals surface area contributed by atoms with Crippen LogP contribution in [0.1, 0.15) is 73.5 Å². The minimum atomic E-state index is -0.952. The maximum Gasteiger partial charge on any atom is 0.407 e. The number of benzene rings is 1. The molecule has 10 nitrogen and oxygen atoms in total. The van der Waals surface area contributed by atoms with Crippen LogP contribution in [0.3, 0.4) is 0 Å². The molecule has 3 N–H and O–H groups in total. The number of rotatable bonds is 5. The highest BCUT2D eigenvalue weighted by Gasteiger charge is 2.48. The van der Waals surface area contributed by atoms with Crippen molar-refractivity contribution in [3.8, 4) is 5.75 Å². The molecule has 35 heavy (non-hydrogen) atoms. The maximum absolute atomic E-state index is 13.4. The van der Waals surface area contributed by atoms with Gasteiger partial charge < -0.3 is 30.1 Å². The molecule has 1 atom stereocenters. The minimum absolute atomic E-state index is 0.0399. The molecule has 3 heterocycles. The monoisotopic (exact) mass is 487 g/mol. The van der Waals surface area contributed by atoms with Gasteiger partial charge in [0.05, 0.1) is 18.7 Å². The third kappa shape index (κ3) is 4.53. The van der Waals surface area contributed by atoms with Crippen molar-refractivity contribution in [2.24, 2.45) is 5.73 Å². The highest BCUT2D eigenvalue weighted by atomic mass is 16.6. The summed E-state index contributed by atoms with van der Waals surface area (Å²) in [5.41, 5.74) is 7.73. The largest absolute Gasteiger partial charge is 0.492 e. The Morgan fingerprint density at radius 1 is 1.26 bits per heavy atom. The van der Waals surface area contributed by atoms with Crippen LogP contribution < -0.4 is 10.5 Å². The van der Waals surface area contributed by atoms with E-state index >= 15 is 0 Å². The molecule has 10 heteroatoms. The fourth-order valence-corrected chi connectivity index (χ4v) is 5.44. The Bertz CT molecular complexity index is 1080. The first-order chi connectivity index (χ1) is 16.3. The molecular formula is C25H33N3O7. The van der Waals surface area contributed by atoms with Crippen LogP contribution in [0.15, 0.2) is 6.07 Å². The molecular weight excluding hydrogens is 454 g/mol. The normalized spacial score (nSPS) is 19.3. The molecule has 0 aliphatic carbocycles. The average molecular weight is 488 g/mol. The first-order valence-corrected chi connectivity index (χ1v) is 11.9. The van der Waals surface area contributed by atoms with Gasteiger partial charge in [-0.15, -0.1) is 0 Å². The van der Waals surface area contributed by atoms with Gasteiger partial charge in [-0.25, -0.2) is 4.79 Å². The zero-order chi connectivity index (χ0) is 25.7. The molecule has 0 unspecified atom stereocenters. The first-order valence-electron chi connectivity index (χ1n) is 11.9. The molecule has 1 saturated heterocycles. The number of esters is 1. The number of nitrogens with zero attached hydrogens (tertiary/aromatic N) is 2. The number of hydrogen-bond acceptors (Lipinski definition) is 6. The summed E-state index contributed by atoms with van der Waals surface area (Å²) in [5.74, 6) is -0.787. The number of ether oxygens (including phenoxy) is 2. The first kappa shape index (κ1) is 24.8. The number of piperidine rings is 1. The minimum Gasteiger partial charge on any atom is -0.492 e. The molecule has 3 amide bonds. The van der Waals surface area contributed by atoms with Crippen molar-refractivity contribution in [1.29, 1.82) is 0 Å². The lowest BCUT2D eigenvalue weighted by molar-refractivity contribution is -0.155. The fourth-order valence-electron chi connectivity index (χ4n) is 5.44. The Balaban J connectivity index is 1.57. The molecule has 1 fully saturated rings. The van der Waals surface area contributed by atoms with E-state index in [1.165, 1.54) is 9.80 Å². The molecule has 190 valence electrons. The van der Waals surface area contributed by atoms with Crippen molar-refractivity contribution >= 4 is 23.9 Å². The van der Waals surface area contributed by atoms with Crippen molar-refractivity contribution in [3.05, 3.63) is 28.3 Å². The topological polar surface area (TPSA) is 139 Å². The van der Waals surface area contributed by atoms with Crippen LogP contribution in [0.4, 0.5) is 4.79 Å². The highest BCUT2D eigenvalue weighted by Crippen LogP contribution is 2.50. The van der Waals surface area contributed by atoms with E-state index in [-0.39, 0.29) is 30.7 Å². The second kappa shape index (κ2) is 8.73. The Morgan fingerprint density at radius 3 is 2.49 bits per heavy atom. The van der Waals surface area contributed by atoms with Gasteiger partial charge in [0.25, 0.3) is 5.91 Å². The summed E-state index contributed by atoms with van der Waals surface area (Å²) in [6.07, 6.45) is 0.390. The van der Waals surface area contributed by atoms with Crippen molar-refractivity contribution < 1.29 is 33.8 Å². The predicted octanol–water partition coefficient (Wildman–Crippen LogP) is 2.33. The SMILES string of the molecule is Cc1cc2c(c3c1C(=O)N([C@@H](CCC(=O)OC(C)(C)C)C(N)=O)C3)OCC21CCN(C(=O)O)CC1. The van der Waals surface area contributed by atoms with E-state index in [0.29, 0.717) is 43.9 Å². The van der Waals surface area contributed by atoms with E-state index in [4.69, 9.17) is 15.2 Å². The van der Waals surface area contributed by atoms with Gasteiger partial charge in [-0.05, 0) is 52.5 Å². The van der Waals surface area contributed by atoms with Crippen LogP contribution in [0.5, 0.6) is 5.75 Å². The van der Waals surface area contributed by atoms with E-state index in [0.717, 1.165) is 16.7 Å². The summed E-state index contributed by atoms with van der Waals surface area (Å²) >= 11 is 0. The number of likely N-dealkylation sites (tertiary alicyclic amines) is 1. The molecule has 4 rings (SSSR count). The maximum atomic E-state index is 13.4. The van der Waals surface area contributed by atoms with E-state index in [1.807, 2.05) is 13.0 Å². The number of primary amides is 1. The van der Waals surface area contributed by atoms with Crippen molar-refractivity contribution in [2.75, 3.05) is 19.7 Å². The number of carboxylic acid groups (broad SMARTS) is 1. The number of nitrogens with two attached hydrogens (primary N) is 1. The summed E-state index contributed by atoms with van der Waals surface area (Å²) in [6, 6.07) is 1.02. The Kier molecular flexibility index (Phi) is 6.19. The lowest BCUT2D eigenvalue weighted by atomic mass is 9.73. The molecule has 0 radical (unpaired) electrons. The summed E-state index contributed by atoms with van der Waals surface area (Å²) in [4.78, 5) is 52.1. The van der Waals surface area contributed by atoms with Gasteiger partial charge in [-0.1, -0.05) is 6.07 Å². The fraction of sp³-hybridized carbons (Fsp3) is 0.600. The van der Waals surface area contributed by atoms with Gasteiger partial charge in [-0.3, -0.25) is 14.4 Å². The third-order valence-electron chi connectivity index (χ3n) is 7.18. The van der Waals surface area contributed by atoms with Crippen LogP contribution in [0.25, 0.3) is 0 Å². The van der Waals surface area contributed by atoms with E-state index < -0.39 is 29.6 Å². The van der Waals surface area contributed by atoms with Crippen LogP contribution >= 0.6 is 0 Å². The van der Waals surface area contributed by atoms with Crippen LogP contribution in [-0.4, -0.2) is 70.1 Å². The van der Waals surface area contributed by atoms with Crippen molar-refractivity contribution in [3.63, 3.8) is 0 Å². The summed E-state index contributed by atoms with van der Waals surface area (Å²) in [5, 5.41) is 9.31. The van der Waals surface area contributed by atoms with Gasteiger partial charge >= 0.3 is 12.1 Å². The van der Waals surface area contributed by atoms with Gasteiger partial charge in [0.1, 0.15) is 17.4 Å². The molecule has 0 saturated carbocycles. The third-order valence-corrected chi connectivity index (χ3v) is 7.18. The quantitative estimate of drug-likeness (QED) is 0.608. The molecule has 3 aliphatic rings. The number of carbonyl (C=O) groups excluding carboxylic acids is 3. The molecule has 3 aliphatic heterocycles. The van der Waals surface area contributed by atoms with Gasteiger partial charge in [0.2, 0.25) is 5.91 Å². The van der Waals surface area contributed by atoms with Crippen molar-refractivity contribution in [1.82, 2.24) is 9.80 Å². The van der Waals surface area contributed by atoms with Gasteiger partial charge in [0.15, 0.2) is 0 Å². The molecule has 1 spiro atoms. The summed E-state index contributed by atoms with van der Waals surface area (Å²) < 4.78 is 11.5. The van der Waals surface area contributed by atoms with Crippen molar-refractivity contribution in [2.45, 2.75) is 77.0 Å². The van der Waals surface area contributed by atoms with E-state index in [2.05, 4.69) is 0 Å². The zero-order valence-electron chi connectivity index (χ0n) is 20.7. The lowest BCUT2D eigenvalue weighted by Crippen LogP contribution is -2.45. The Labute approximate surface area is 204 Å². The lowest BCUT2D eigenvalue weighted by Gasteiger charge is -2.37. The van der Waals surface area contributed by atoms with Crippen LogP contribution in [0.2, 0.25) is 0 Å². The standard InChI is InChI=1S/C25H33N3O7/c1-14-11-16-20(34-13-25(16)7-9-27(10-8-25)23(32)33)15-12-28(22(31)19(14)15)17(21(26)30)5-6-18(29)35-24(2,3)4/h11,17H,5-10,12-13H2,1-4H3,(H2,26,30)(H,32,33)/t17-/m0/s1. The summed E-state index contributed by atoms with van der Waals surface area (Å²) in [6.45, 7) is 8.59. The highest BCUT2D eigenvalue weighted by molar-refractivity contribution is 6.03. The van der Waals surface area contributed by atoms with E-state index in [1.54, 1.807) is 20.8 Å². The summed E-state index contributed by atoms with van der Waals surface area (Å²) in [7, 11) is 0. The predicted molar refractivity (Wildman–Crippen MR) is 125 cm³/mol. The van der Waals surface area contributed by atoms with Gasteiger partial charge in [0, 0.05) is 36.1 Å².